The molecule has 2 amide bonds. The summed E-state index contributed by atoms with van der Waals surface area (Å²) in [5, 5.41) is 8.34. The molecule has 0 saturated carbocycles. The lowest BCUT2D eigenvalue weighted by molar-refractivity contribution is 0.249. The highest BCUT2D eigenvalue weighted by Crippen LogP contribution is 2.12. The zero-order valence-electron chi connectivity index (χ0n) is 14.1. The third kappa shape index (κ3) is 4.17. The Kier molecular flexibility index (Phi) is 4.69. The maximum atomic E-state index is 12.1. The number of aromatic amines is 1. The summed E-state index contributed by atoms with van der Waals surface area (Å²) in [6.45, 7) is 1.93. The minimum absolute atomic E-state index is 0.0506. The van der Waals surface area contributed by atoms with Crippen LogP contribution >= 0.6 is 0 Å². The van der Waals surface area contributed by atoms with Crippen LogP contribution in [0.4, 0.5) is 10.5 Å². The number of amides is 2. The summed E-state index contributed by atoms with van der Waals surface area (Å²) < 4.78 is 3.54. The van der Waals surface area contributed by atoms with Crippen molar-refractivity contribution in [3.63, 3.8) is 0 Å². The van der Waals surface area contributed by atoms with Crippen LogP contribution in [0.3, 0.4) is 0 Å². The number of anilines is 1. The first-order valence-corrected chi connectivity index (χ1v) is 7.93. The van der Waals surface area contributed by atoms with E-state index in [0.29, 0.717) is 12.1 Å². The van der Waals surface area contributed by atoms with Crippen LogP contribution in [0.5, 0.6) is 0 Å². The average Bonchev–Trinajstić information content (AvgIpc) is 3.17. The van der Waals surface area contributed by atoms with E-state index in [-0.39, 0.29) is 17.6 Å². The molecule has 0 bridgehead atoms. The lowest BCUT2D eigenvalue weighted by Gasteiger charge is -2.14. The summed E-state index contributed by atoms with van der Waals surface area (Å²) in [7, 11) is 1.93. The molecule has 0 fully saturated rings. The van der Waals surface area contributed by atoms with Gasteiger partial charge in [-0.05, 0) is 31.2 Å². The van der Waals surface area contributed by atoms with Gasteiger partial charge in [-0.15, -0.1) is 0 Å². The Bertz CT molecular complexity index is 906. The van der Waals surface area contributed by atoms with Gasteiger partial charge in [0.15, 0.2) is 0 Å². The number of carbonyl (C=O) groups excluding carboxylic acids is 1. The normalized spacial score (nSPS) is 11.9. The number of aromatic nitrogens is 4. The molecule has 25 heavy (non-hydrogen) atoms. The summed E-state index contributed by atoms with van der Waals surface area (Å²) >= 11 is 0. The molecule has 2 aromatic heterocycles. The fourth-order valence-electron chi connectivity index (χ4n) is 2.50. The highest BCUT2D eigenvalue weighted by Gasteiger charge is 2.10. The van der Waals surface area contributed by atoms with Crippen LogP contribution in [0.15, 0.2) is 53.7 Å². The predicted molar refractivity (Wildman–Crippen MR) is 94.9 cm³/mol. The number of benzene rings is 1. The van der Waals surface area contributed by atoms with Crippen molar-refractivity contribution in [1.82, 2.24) is 24.6 Å². The Hall–Kier alpha value is -3.29. The molecule has 1 aromatic carbocycles. The lowest BCUT2D eigenvalue weighted by Crippen LogP contribution is -2.37. The van der Waals surface area contributed by atoms with E-state index < -0.39 is 0 Å². The van der Waals surface area contributed by atoms with Crippen molar-refractivity contribution < 1.29 is 4.79 Å². The van der Waals surface area contributed by atoms with Crippen LogP contribution in [0.2, 0.25) is 0 Å². The fraction of sp³-hybridized carbons (Fsp3) is 0.235. The summed E-state index contributed by atoms with van der Waals surface area (Å²) in [6, 6.07) is 8.29. The summed E-state index contributed by atoms with van der Waals surface area (Å²) in [5.74, 6) is 0.915. The third-order valence-electron chi connectivity index (χ3n) is 3.80. The van der Waals surface area contributed by atoms with Gasteiger partial charge in [0.05, 0.1) is 5.69 Å². The van der Waals surface area contributed by atoms with Gasteiger partial charge in [0.2, 0.25) is 0 Å². The van der Waals surface area contributed by atoms with Crippen molar-refractivity contribution in [3.05, 3.63) is 65.1 Å². The summed E-state index contributed by atoms with van der Waals surface area (Å²) in [4.78, 5) is 27.5. The minimum atomic E-state index is -0.274. The van der Waals surface area contributed by atoms with E-state index in [0.717, 1.165) is 11.5 Å². The van der Waals surface area contributed by atoms with Crippen molar-refractivity contribution in [3.8, 4) is 5.69 Å². The lowest BCUT2D eigenvalue weighted by atomic mass is 10.2. The molecule has 3 rings (SSSR count). The summed E-state index contributed by atoms with van der Waals surface area (Å²) in [5.41, 5.74) is 1.31. The molecule has 3 aromatic rings. The van der Waals surface area contributed by atoms with Crippen LogP contribution in [-0.4, -0.2) is 31.4 Å². The molecular weight excluding hydrogens is 320 g/mol. The van der Waals surface area contributed by atoms with Crippen LogP contribution in [-0.2, 0) is 13.5 Å². The summed E-state index contributed by atoms with van der Waals surface area (Å²) in [6.07, 6.45) is 5.91. The SMILES string of the molecule is CC(Cc1nccn1C)NC(=O)Nc1ccc(-n2ccc(=O)[nH]2)cc1. The van der Waals surface area contributed by atoms with Crippen LogP contribution in [0, 0.1) is 0 Å². The Morgan fingerprint density at radius 2 is 2.00 bits per heavy atom. The zero-order chi connectivity index (χ0) is 17.8. The van der Waals surface area contributed by atoms with Crippen molar-refractivity contribution in [2.75, 3.05) is 5.32 Å². The maximum Gasteiger partial charge on any atom is 0.319 e. The van der Waals surface area contributed by atoms with Crippen molar-refractivity contribution in [1.29, 1.82) is 0 Å². The predicted octanol–water partition coefficient (Wildman–Crippen LogP) is 1.65. The average molecular weight is 340 g/mol. The van der Waals surface area contributed by atoms with Gasteiger partial charge >= 0.3 is 6.03 Å². The number of hydrogen-bond acceptors (Lipinski definition) is 3. The molecule has 8 nitrogen and oxygen atoms in total. The van der Waals surface area contributed by atoms with Gasteiger partial charge in [0, 0.05) is 49.9 Å². The topological polar surface area (TPSA) is 96.7 Å². The number of nitrogens with zero attached hydrogens (tertiary/aromatic N) is 3. The number of rotatable bonds is 5. The molecular formula is C17H20N6O2. The molecule has 3 N–H and O–H groups in total. The van der Waals surface area contributed by atoms with E-state index in [1.54, 1.807) is 29.2 Å². The van der Waals surface area contributed by atoms with Gasteiger partial charge in [-0.25, -0.2) is 9.78 Å². The van der Waals surface area contributed by atoms with Crippen molar-refractivity contribution in [2.24, 2.45) is 7.05 Å². The quantitative estimate of drug-likeness (QED) is 0.659. The molecule has 0 radical (unpaired) electrons. The Balaban J connectivity index is 1.55. The van der Waals surface area contributed by atoms with Gasteiger partial charge in [0.25, 0.3) is 5.56 Å². The van der Waals surface area contributed by atoms with Gasteiger partial charge in [-0.1, -0.05) is 0 Å². The standard InChI is InChI=1S/C17H20N6O2/c1-12(11-15-18-8-10-22(15)2)19-17(25)20-13-3-5-14(6-4-13)23-9-7-16(24)21-23/h3-10,12H,11H2,1-2H3,(H,21,24)(H2,19,20,25). The monoisotopic (exact) mass is 340 g/mol. The number of imidazole rings is 1. The number of nitrogens with one attached hydrogen (secondary N) is 3. The molecule has 0 aliphatic rings. The number of H-pyrrole nitrogens is 1. The molecule has 8 heteroatoms. The van der Waals surface area contributed by atoms with Gasteiger partial charge in [-0.3, -0.25) is 14.6 Å². The smallest absolute Gasteiger partial charge is 0.319 e. The highest BCUT2D eigenvalue weighted by atomic mass is 16.2. The molecule has 1 unspecified atom stereocenters. The Morgan fingerprint density at radius 1 is 1.24 bits per heavy atom. The van der Waals surface area contributed by atoms with Crippen LogP contribution < -0.4 is 16.2 Å². The van der Waals surface area contributed by atoms with E-state index in [1.807, 2.05) is 36.9 Å². The second-order valence-electron chi connectivity index (χ2n) is 5.87. The molecule has 1 atom stereocenters. The second kappa shape index (κ2) is 7.08. The molecule has 0 aliphatic carbocycles. The third-order valence-corrected chi connectivity index (χ3v) is 3.80. The molecule has 0 saturated heterocycles. The van der Waals surface area contributed by atoms with E-state index in [9.17, 15) is 9.59 Å². The first-order valence-electron chi connectivity index (χ1n) is 7.93. The van der Waals surface area contributed by atoms with Crippen molar-refractivity contribution in [2.45, 2.75) is 19.4 Å². The molecule has 2 heterocycles. The number of aryl methyl sites for hydroxylation is 1. The highest BCUT2D eigenvalue weighted by molar-refractivity contribution is 5.89. The zero-order valence-corrected chi connectivity index (χ0v) is 14.1. The van der Waals surface area contributed by atoms with Gasteiger partial charge < -0.3 is 15.2 Å². The fourth-order valence-corrected chi connectivity index (χ4v) is 2.50. The van der Waals surface area contributed by atoms with E-state index in [1.165, 1.54) is 6.07 Å². The maximum absolute atomic E-state index is 12.1. The van der Waals surface area contributed by atoms with Crippen molar-refractivity contribution >= 4 is 11.7 Å². The van der Waals surface area contributed by atoms with Crippen LogP contribution in [0.25, 0.3) is 5.69 Å². The first-order chi connectivity index (χ1) is 12.0. The first kappa shape index (κ1) is 16.6. The molecule has 130 valence electrons. The Morgan fingerprint density at radius 3 is 2.60 bits per heavy atom. The van der Waals surface area contributed by atoms with Crippen LogP contribution in [0.1, 0.15) is 12.7 Å². The van der Waals surface area contributed by atoms with E-state index in [2.05, 4.69) is 20.7 Å². The van der Waals surface area contributed by atoms with E-state index >= 15 is 0 Å². The number of urea groups is 1. The largest absolute Gasteiger partial charge is 0.338 e. The van der Waals surface area contributed by atoms with E-state index in [4.69, 9.17) is 0 Å². The Labute approximate surface area is 144 Å². The minimum Gasteiger partial charge on any atom is -0.338 e. The number of hydrogen-bond donors (Lipinski definition) is 3. The molecule has 0 aliphatic heterocycles. The number of carbonyl (C=O) groups is 1. The van der Waals surface area contributed by atoms with Gasteiger partial charge in [0.1, 0.15) is 5.82 Å². The second-order valence-corrected chi connectivity index (χ2v) is 5.87. The van der Waals surface area contributed by atoms with Gasteiger partial charge in [-0.2, -0.15) is 0 Å². The molecule has 0 spiro atoms.